The molecule has 2 amide bonds. The number of carbonyl (C=O) groups is 3. The number of halogens is 2. The largest absolute Gasteiger partial charge is 0.467 e. The van der Waals surface area contributed by atoms with E-state index in [-0.39, 0.29) is 12.5 Å². The molecule has 2 heterocycles. The van der Waals surface area contributed by atoms with Gasteiger partial charge in [-0.2, -0.15) is 0 Å². The second kappa shape index (κ2) is 11.3. The monoisotopic (exact) mass is 579 g/mol. The molecule has 206 valence electrons. The Morgan fingerprint density at radius 1 is 1.00 bits per heavy atom. The summed E-state index contributed by atoms with van der Waals surface area (Å²) >= 11 is 12.4. The second-order valence-corrected chi connectivity index (χ2v) is 10.2. The van der Waals surface area contributed by atoms with E-state index in [9.17, 15) is 14.4 Å². The van der Waals surface area contributed by atoms with E-state index in [4.69, 9.17) is 32.8 Å². The number of esters is 1. The Hall–Kier alpha value is -3.85. The lowest BCUT2D eigenvalue weighted by molar-refractivity contribution is -0.179. The van der Waals surface area contributed by atoms with E-state index < -0.39 is 29.9 Å². The molecule has 1 aromatic heterocycles. The van der Waals surface area contributed by atoms with Gasteiger partial charge in [-0.1, -0.05) is 59.6 Å². The molecule has 0 fully saturated rings. The molecule has 8 nitrogen and oxygen atoms in total. The average molecular weight is 580 g/mol. The number of hydrogen-bond acceptors (Lipinski definition) is 5. The normalized spacial score (nSPS) is 17.4. The van der Waals surface area contributed by atoms with Gasteiger partial charge in [0.2, 0.25) is 0 Å². The predicted molar refractivity (Wildman–Crippen MR) is 152 cm³/mol. The third kappa shape index (κ3) is 4.72. The van der Waals surface area contributed by atoms with E-state index in [0.29, 0.717) is 32.3 Å². The van der Waals surface area contributed by atoms with Crippen LogP contribution in [0, 0.1) is 0 Å². The quantitative estimate of drug-likeness (QED) is 0.211. The van der Waals surface area contributed by atoms with Gasteiger partial charge in [0.25, 0.3) is 11.8 Å². The van der Waals surface area contributed by atoms with E-state index in [1.165, 1.54) is 24.2 Å². The molecule has 4 aromatic rings. The number of aromatic amines is 1. The van der Waals surface area contributed by atoms with Crippen molar-refractivity contribution in [3.05, 3.63) is 105 Å². The Morgan fingerprint density at radius 2 is 1.70 bits per heavy atom. The van der Waals surface area contributed by atoms with Crippen molar-refractivity contribution in [3.8, 4) is 0 Å². The van der Waals surface area contributed by atoms with Gasteiger partial charge >= 0.3 is 5.97 Å². The number of rotatable bonds is 7. The van der Waals surface area contributed by atoms with Crippen molar-refractivity contribution in [1.82, 2.24) is 14.9 Å². The maximum atomic E-state index is 14.4. The fourth-order valence-corrected chi connectivity index (χ4v) is 5.80. The number of nitrogens with one attached hydrogen (secondary N) is 1. The van der Waals surface area contributed by atoms with Gasteiger partial charge < -0.3 is 14.6 Å². The molecule has 1 N–H and O–H groups in total. The molecule has 0 bridgehead atoms. The van der Waals surface area contributed by atoms with E-state index in [1.54, 1.807) is 73.8 Å². The van der Waals surface area contributed by atoms with E-state index in [2.05, 4.69) is 4.98 Å². The van der Waals surface area contributed by atoms with Gasteiger partial charge in [0, 0.05) is 44.8 Å². The summed E-state index contributed by atoms with van der Waals surface area (Å²) in [4.78, 5) is 52.2. The average Bonchev–Trinajstić information content (AvgIpc) is 3.38. The molecule has 3 unspecified atom stereocenters. The first-order valence-corrected chi connectivity index (χ1v) is 13.4. The van der Waals surface area contributed by atoms with Crippen LogP contribution in [0.25, 0.3) is 10.9 Å². The molecule has 3 aromatic carbocycles. The fraction of sp³-hybridized carbons (Fsp3) is 0.233. The summed E-state index contributed by atoms with van der Waals surface area (Å²) in [6.45, 7) is 2.07. The molecule has 0 aliphatic carbocycles. The summed E-state index contributed by atoms with van der Waals surface area (Å²) in [6.07, 6.45) is 1.75. The number of fused-ring (bicyclic) bond motifs is 2. The van der Waals surface area contributed by atoms with Gasteiger partial charge in [-0.3, -0.25) is 14.4 Å². The zero-order valence-electron chi connectivity index (χ0n) is 22.1. The van der Waals surface area contributed by atoms with Crippen LogP contribution in [0.5, 0.6) is 0 Å². The summed E-state index contributed by atoms with van der Waals surface area (Å²) in [5.41, 5.74) is 2.71. The van der Waals surface area contributed by atoms with E-state index in [1.807, 2.05) is 6.07 Å². The maximum absolute atomic E-state index is 14.4. The highest BCUT2D eigenvalue weighted by atomic mass is 35.5. The first-order chi connectivity index (χ1) is 19.3. The van der Waals surface area contributed by atoms with Crippen LogP contribution < -0.4 is 0 Å². The molecule has 1 aliphatic heterocycles. The number of carbonyl (C=O) groups excluding carboxylic acids is 3. The molecular weight excluding hydrogens is 553 g/mol. The van der Waals surface area contributed by atoms with Crippen molar-refractivity contribution >= 4 is 51.9 Å². The first-order valence-electron chi connectivity index (χ1n) is 12.7. The van der Waals surface area contributed by atoms with Gasteiger partial charge in [-0.15, -0.1) is 0 Å². The lowest BCUT2D eigenvalue weighted by atomic mass is 9.77. The summed E-state index contributed by atoms with van der Waals surface area (Å²) < 4.78 is 5.23. The highest BCUT2D eigenvalue weighted by Crippen LogP contribution is 2.49. The number of methoxy groups -OCH3 is 1. The Bertz CT molecular complexity index is 1580. The number of hydrogen-bond donors (Lipinski definition) is 1. The number of benzene rings is 3. The molecule has 0 spiro atoms. The third-order valence-electron chi connectivity index (χ3n) is 7.28. The van der Waals surface area contributed by atoms with Gasteiger partial charge in [-0.05, 0) is 48.4 Å². The lowest BCUT2D eigenvalue weighted by Crippen LogP contribution is -2.51. The topological polar surface area (TPSA) is 91.9 Å². The van der Waals surface area contributed by atoms with Crippen molar-refractivity contribution in [3.63, 3.8) is 0 Å². The van der Waals surface area contributed by atoms with Crippen LogP contribution in [0.3, 0.4) is 0 Å². The van der Waals surface area contributed by atoms with Gasteiger partial charge in [-0.25, -0.2) is 9.86 Å². The van der Waals surface area contributed by atoms with Gasteiger partial charge in [0.05, 0.1) is 26.2 Å². The molecule has 0 saturated carbocycles. The van der Waals surface area contributed by atoms with Crippen molar-refractivity contribution in [2.24, 2.45) is 0 Å². The Morgan fingerprint density at radius 3 is 2.38 bits per heavy atom. The van der Waals surface area contributed by atoms with Gasteiger partial charge in [0.15, 0.2) is 6.04 Å². The van der Waals surface area contributed by atoms with Crippen molar-refractivity contribution in [2.75, 3.05) is 20.8 Å². The van der Waals surface area contributed by atoms with Crippen LogP contribution in [0.2, 0.25) is 10.0 Å². The zero-order chi connectivity index (χ0) is 28.6. The highest BCUT2D eigenvalue weighted by molar-refractivity contribution is 6.31. The van der Waals surface area contributed by atoms with E-state index in [0.717, 1.165) is 10.9 Å². The van der Waals surface area contributed by atoms with Crippen LogP contribution in [0.15, 0.2) is 72.9 Å². The maximum Gasteiger partial charge on any atom is 0.333 e. The summed E-state index contributed by atoms with van der Waals surface area (Å²) in [5, 5.41) is 3.01. The summed E-state index contributed by atoms with van der Waals surface area (Å²) in [6, 6.07) is 16.8. The van der Waals surface area contributed by atoms with Crippen LogP contribution in [0.4, 0.5) is 0 Å². The standard InChI is InChI=1S/C30H27Cl2N3O5/c1-4-34(40-3)29(37)25-21-7-5-6-8-22(21)28(36)35(26(30(38)39-2)17-9-11-18(31)12-10-17)27(25)23-16-33-24-15-19(32)13-14-20(23)24/h5-16,25-27,33H,4H2,1-3H3. The molecule has 0 radical (unpaired) electrons. The van der Waals surface area contributed by atoms with Crippen LogP contribution >= 0.6 is 23.2 Å². The number of amides is 2. The number of nitrogens with zero attached hydrogens (tertiary/aromatic N) is 2. The minimum Gasteiger partial charge on any atom is -0.467 e. The molecular formula is C30H27Cl2N3O5. The Balaban J connectivity index is 1.83. The molecule has 3 atom stereocenters. The summed E-state index contributed by atoms with van der Waals surface area (Å²) in [7, 11) is 2.69. The highest BCUT2D eigenvalue weighted by Gasteiger charge is 2.50. The number of ether oxygens (including phenoxy) is 1. The fourth-order valence-electron chi connectivity index (χ4n) is 5.50. The lowest BCUT2D eigenvalue weighted by Gasteiger charge is -2.45. The Labute approximate surface area is 241 Å². The van der Waals surface area contributed by atoms with Crippen molar-refractivity contribution < 1.29 is 24.0 Å². The van der Waals surface area contributed by atoms with Crippen LogP contribution in [0.1, 0.15) is 52.0 Å². The minimum atomic E-state index is -1.18. The first kappa shape index (κ1) is 27.7. The van der Waals surface area contributed by atoms with E-state index >= 15 is 0 Å². The molecule has 40 heavy (non-hydrogen) atoms. The molecule has 0 saturated heterocycles. The smallest absolute Gasteiger partial charge is 0.333 e. The SMILES string of the molecule is CCN(OC)C(=O)C1c2ccccc2C(=O)N(C(C(=O)OC)c2ccc(Cl)cc2)C1c1c[nH]c2cc(Cl)ccc12. The number of H-pyrrole nitrogens is 1. The second-order valence-electron chi connectivity index (χ2n) is 9.35. The third-order valence-corrected chi connectivity index (χ3v) is 7.77. The number of aromatic nitrogens is 1. The van der Waals surface area contributed by atoms with Crippen LogP contribution in [-0.2, 0) is 19.2 Å². The van der Waals surface area contributed by atoms with Crippen LogP contribution in [-0.4, -0.2) is 53.5 Å². The molecule has 5 rings (SSSR count). The number of likely N-dealkylation sites (N-methyl/N-ethyl adjacent to an activating group) is 1. The Kier molecular flexibility index (Phi) is 7.85. The zero-order valence-corrected chi connectivity index (χ0v) is 23.6. The molecule has 1 aliphatic rings. The van der Waals surface area contributed by atoms with Crippen molar-refractivity contribution in [2.45, 2.75) is 24.9 Å². The number of hydroxylamine groups is 2. The molecule has 10 heteroatoms. The predicted octanol–water partition coefficient (Wildman–Crippen LogP) is 6.08. The minimum absolute atomic E-state index is 0.274. The van der Waals surface area contributed by atoms with Gasteiger partial charge in [0.1, 0.15) is 0 Å². The summed E-state index contributed by atoms with van der Waals surface area (Å²) in [5.74, 6) is -2.35. The van der Waals surface area contributed by atoms with Crippen molar-refractivity contribution in [1.29, 1.82) is 0 Å².